The third kappa shape index (κ3) is 5.38. The molecule has 0 unspecified atom stereocenters. The molecule has 2 aromatic carbocycles. The number of rotatable bonds is 6. The van der Waals surface area contributed by atoms with Crippen molar-refractivity contribution in [1.82, 2.24) is 14.8 Å². The molecule has 3 aromatic rings. The van der Waals surface area contributed by atoms with E-state index < -0.39 is 28.3 Å². The molecule has 0 aliphatic carbocycles. The molecule has 0 bridgehead atoms. The average Bonchev–Trinajstić information content (AvgIpc) is 3.05. The number of fused-ring (bicyclic) bond motifs is 1. The number of carbonyl (C=O) groups excluding carboxylic acids is 1. The Balaban J connectivity index is 1.40. The molecule has 2 heterocycles. The predicted octanol–water partition coefficient (Wildman–Crippen LogP) is 5.33. The molecular formula is C22H20F3N5O3S. The van der Waals surface area contributed by atoms with Gasteiger partial charge in [0.2, 0.25) is 5.91 Å². The van der Waals surface area contributed by atoms with Crippen molar-refractivity contribution in [1.29, 1.82) is 0 Å². The molecule has 34 heavy (non-hydrogen) atoms. The number of alkyl halides is 3. The van der Waals surface area contributed by atoms with Gasteiger partial charge in [-0.2, -0.15) is 13.2 Å². The fourth-order valence-corrected chi connectivity index (χ4v) is 4.50. The summed E-state index contributed by atoms with van der Waals surface area (Å²) in [6.07, 6.45) is -0.475. The van der Waals surface area contributed by atoms with Crippen LogP contribution in [0, 0.1) is 10.1 Å². The number of nitro benzene ring substituents is 1. The number of nitrogens with zero attached hydrogens (tertiary/aromatic N) is 4. The molecule has 0 fully saturated rings. The first-order valence-corrected chi connectivity index (χ1v) is 11.5. The number of hydrogen-bond acceptors (Lipinski definition) is 6. The van der Waals surface area contributed by atoms with Crippen LogP contribution in [0.25, 0.3) is 11.4 Å². The topological polar surface area (TPSA) is 103 Å². The zero-order valence-corrected chi connectivity index (χ0v) is 18.7. The van der Waals surface area contributed by atoms with E-state index in [0.717, 1.165) is 73.3 Å². The van der Waals surface area contributed by atoms with Crippen molar-refractivity contribution < 1.29 is 22.9 Å². The Morgan fingerprint density at radius 2 is 1.88 bits per heavy atom. The van der Waals surface area contributed by atoms with Crippen molar-refractivity contribution in [2.45, 2.75) is 43.3 Å². The third-order valence-electron chi connectivity index (χ3n) is 5.38. The van der Waals surface area contributed by atoms with E-state index in [9.17, 15) is 28.1 Å². The lowest BCUT2D eigenvalue weighted by Gasteiger charge is -2.10. The predicted molar refractivity (Wildman–Crippen MR) is 120 cm³/mol. The molecule has 0 saturated carbocycles. The number of aromatic nitrogens is 3. The van der Waals surface area contributed by atoms with Crippen LogP contribution in [-0.2, 0) is 23.9 Å². The molecular weight excluding hydrogens is 471 g/mol. The average molecular weight is 491 g/mol. The van der Waals surface area contributed by atoms with Crippen molar-refractivity contribution in [2.24, 2.45) is 0 Å². The van der Waals surface area contributed by atoms with Gasteiger partial charge >= 0.3 is 6.18 Å². The number of aryl methyl sites for hydroxylation is 1. The van der Waals surface area contributed by atoms with Crippen molar-refractivity contribution in [3.05, 3.63) is 64.0 Å². The maximum absolute atomic E-state index is 12.8. The number of nitro groups is 1. The molecule has 0 radical (unpaired) electrons. The highest BCUT2D eigenvalue weighted by Gasteiger charge is 2.33. The molecule has 1 N–H and O–H groups in total. The molecule has 178 valence electrons. The van der Waals surface area contributed by atoms with Gasteiger partial charge in [-0.3, -0.25) is 14.9 Å². The zero-order chi connectivity index (χ0) is 24.3. The van der Waals surface area contributed by atoms with Crippen molar-refractivity contribution in [2.75, 3.05) is 11.1 Å². The molecule has 1 aliphatic rings. The minimum absolute atomic E-state index is 0.0176. The monoisotopic (exact) mass is 491 g/mol. The highest BCUT2D eigenvalue weighted by Crippen LogP contribution is 2.36. The van der Waals surface area contributed by atoms with Crippen LogP contribution in [0.3, 0.4) is 0 Å². The Bertz CT molecular complexity index is 1210. The van der Waals surface area contributed by atoms with E-state index in [-0.39, 0.29) is 10.6 Å². The van der Waals surface area contributed by atoms with E-state index in [2.05, 4.69) is 20.1 Å². The molecule has 1 aromatic heterocycles. The summed E-state index contributed by atoms with van der Waals surface area (Å²) in [7, 11) is 0. The molecule has 0 atom stereocenters. The number of benzene rings is 2. The summed E-state index contributed by atoms with van der Waals surface area (Å²) in [6.45, 7) is 0.865. The zero-order valence-electron chi connectivity index (χ0n) is 17.8. The Hall–Kier alpha value is -3.41. The van der Waals surface area contributed by atoms with Gasteiger partial charge in [-0.1, -0.05) is 6.42 Å². The summed E-state index contributed by atoms with van der Waals surface area (Å²) in [5.41, 5.74) is -0.414. The van der Waals surface area contributed by atoms with Crippen LogP contribution >= 0.6 is 11.8 Å². The number of anilines is 1. The van der Waals surface area contributed by atoms with Crippen molar-refractivity contribution >= 4 is 29.0 Å². The van der Waals surface area contributed by atoms with E-state index >= 15 is 0 Å². The summed E-state index contributed by atoms with van der Waals surface area (Å²) in [6, 6.07) is 9.33. The van der Waals surface area contributed by atoms with Gasteiger partial charge in [0.1, 0.15) is 5.82 Å². The first-order valence-electron chi connectivity index (χ1n) is 10.5. The van der Waals surface area contributed by atoms with Gasteiger partial charge in [0, 0.05) is 30.3 Å². The van der Waals surface area contributed by atoms with E-state index in [1.807, 2.05) is 12.1 Å². The van der Waals surface area contributed by atoms with Crippen LogP contribution in [0.5, 0.6) is 0 Å². The summed E-state index contributed by atoms with van der Waals surface area (Å²) >= 11 is 0.798. The number of hydrogen-bond donors (Lipinski definition) is 1. The van der Waals surface area contributed by atoms with Crippen LogP contribution in [0.15, 0.2) is 47.4 Å². The van der Waals surface area contributed by atoms with E-state index in [4.69, 9.17) is 0 Å². The number of nitrogens with one attached hydrogen (secondary N) is 1. The normalized spacial score (nSPS) is 13.7. The van der Waals surface area contributed by atoms with Gasteiger partial charge in [-0.05, 0) is 49.2 Å². The first kappa shape index (κ1) is 23.7. The highest BCUT2D eigenvalue weighted by atomic mass is 32.2. The molecule has 4 rings (SSSR count). The first-order chi connectivity index (χ1) is 16.2. The quantitative estimate of drug-likeness (QED) is 0.284. The molecule has 0 saturated heterocycles. The second kappa shape index (κ2) is 9.84. The summed E-state index contributed by atoms with van der Waals surface area (Å²) in [5, 5.41) is 22.5. The van der Waals surface area contributed by atoms with Crippen LogP contribution in [0.1, 0.15) is 30.7 Å². The molecule has 1 amide bonds. The summed E-state index contributed by atoms with van der Waals surface area (Å²) < 4.78 is 40.6. The van der Waals surface area contributed by atoms with Crippen LogP contribution in [-0.4, -0.2) is 31.3 Å². The molecule has 1 aliphatic heterocycles. The number of thioether (sulfide) groups is 1. The van der Waals surface area contributed by atoms with E-state index in [1.165, 1.54) is 0 Å². The van der Waals surface area contributed by atoms with E-state index in [1.54, 1.807) is 12.1 Å². The number of amides is 1. The second-order valence-electron chi connectivity index (χ2n) is 7.75. The Morgan fingerprint density at radius 3 is 2.59 bits per heavy atom. The highest BCUT2D eigenvalue weighted by molar-refractivity contribution is 8.00. The number of halogens is 3. The fraction of sp³-hybridized carbons (Fsp3) is 0.318. The van der Waals surface area contributed by atoms with Crippen LogP contribution in [0.4, 0.5) is 24.5 Å². The lowest BCUT2D eigenvalue weighted by molar-refractivity contribution is -0.388. The van der Waals surface area contributed by atoms with Gasteiger partial charge in [-0.25, -0.2) is 0 Å². The lowest BCUT2D eigenvalue weighted by atomic mass is 10.2. The maximum Gasteiger partial charge on any atom is 0.416 e. The van der Waals surface area contributed by atoms with Crippen molar-refractivity contribution in [3.63, 3.8) is 0 Å². The second-order valence-corrected chi connectivity index (χ2v) is 8.77. The van der Waals surface area contributed by atoms with E-state index in [0.29, 0.717) is 11.8 Å². The smallest absolute Gasteiger partial charge is 0.325 e. The van der Waals surface area contributed by atoms with Crippen molar-refractivity contribution in [3.8, 4) is 11.4 Å². The lowest BCUT2D eigenvalue weighted by Crippen LogP contribution is -2.14. The molecule has 8 nitrogen and oxygen atoms in total. The van der Waals surface area contributed by atoms with Crippen LogP contribution < -0.4 is 5.32 Å². The molecule has 12 heteroatoms. The fourth-order valence-electron chi connectivity index (χ4n) is 3.70. The molecule has 0 spiro atoms. The maximum atomic E-state index is 12.8. The number of carbonyl (C=O) groups is 1. The van der Waals surface area contributed by atoms with Gasteiger partial charge in [0.25, 0.3) is 5.69 Å². The summed E-state index contributed by atoms with van der Waals surface area (Å²) in [5.74, 6) is 1.11. The standard InChI is InChI=1S/C22H20F3N5O3S/c23-22(24,25)15-7-10-18(17(12-15)30(32)33)34-13-20(31)26-16-8-5-14(6-9-16)21-28-27-19-4-2-1-3-11-29(19)21/h5-10,12H,1-4,11,13H2,(H,26,31). The van der Waals surface area contributed by atoms with Crippen LogP contribution in [0.2, 0.25) is 0 Å². The van der Waals surface area contributed by atoms with Gasteiger partial charge in [0.15, 0.2) is 5.82 Å². The van der Waals surface area contributed by atoms with Gasteiger partial charge in [0.05, 0.1) is 21.1 Å². The largest absolute Gasteiger partial charge is 0.416 e. The summed E-state index contributed by atoms with van der Waals surface area (Å²) in [4.78, 5) is 22.6. The minimum atomic E-state index is -4.69. The Kier molecular flexibility index (Phi) is 6.87. The third-order valence-corrected chi connectivity index (χ3v) is 6.44. The van der Waals surface area contributed by atoms with Gasteiger partial charge in [-0.15, -0.1) is 22.0 Å². The van der Waals surface area contributed by atoms with Gasteiger partial charge < -0.3 is 9.88 Å². The Morgan fingerprint density at radius 1 is 1.12 bits per heavy atom. The SMILES string of the molecule is O=C(CSc1ccc(C(F)(F)F)cc1[N+](=O)[O-])Nc1ccc(-c2nnc3n2CCCCC3)cc1. The minimum Gasteiger partial charge on any atom is -0.325 e. The Labute approximate surface area is 196 Å².